The highest BCUT2D eigenvalue weighted by atomic mass is 32.2. The van der Waals surface area contributed by atoms with Crippen LogP contribution in [-0.4, -0.2) is 61.2 Å². The molecule has 1 aromatic heterocycles. The summed E-state index contributed by atoms with van der Waals surface area (Å²) in [5.74, 6) is -1.83. The van der Waals surface area contributed by atoms with Gasteiger partial charge in [0.1, 0.15) is 10.7 Å². The van der Waals surface area contributed by atoms with Crippen LogP contribution in [0, 0.1) is 11.3 Å². The van der Waals surface area contributed by atoms with E-state index in [4.69, 9.17) is 5.53 Å². The van der Waals surface area contributed by atoms with Crippen LogP contribution in [0.2, 0.25) is 0 Å². The minimum absolute atomic E-state index is 0.0409. The second kappa shape index (κ2) is 10.4. The SMILES string of the molecule is N=N/C(=C\S)C(=O)N1CCN(C(=O)c2ccc(NS(=O)(=O)c3cccc4cccnc34)c(F)c2)CC1. The lowest BCUT2D eigenvalue weighted by Crippen LogP contribution is -2.50. The lowest BCUT2D eigenvalue weighted by atomic mass is 10.1. The van der Waals surface area contributed by atoms with Gasteiger partial charge in [0.15, 0.2) is 5.70 Å². The number of benzene rings is 2. The van der Waals surface area contributed by atoms with E-state index in [0.717, 1.165) is 11.5 Å². The van der Waals surface area contributed by atoms with E-state index < -0.39 is 27.7 Å². The van der Waals surface area contributed by atoms with Gasteiger partial charge in [0.05, 0.1) is 11.2 Å². The molecular formula is C23H21FN6O4S2. The number of carbonyl (C=O) groups excluding carboxylic acids is 2. The Kier molecular flexibility index (Phi) is 7.31. The number of rotatable bonds is 6. The van der Waals surface area contributed by atoms with Crippen molar-refractivity contribution in [2.24, 2.45) is 5.11 Å². The molecule has 4 rings (SSSR count). The molecule has 0 radical (unpaired) electrons. The van der Waals surface area contributed by atoms with Crippen molar-refractivity contribution in [2.45, 2.75) is 4.90 Å². The van der Waals surface area contributed by atoms with Crippen molar-refractivity contribution >= 4 is 51.1 Å². The molecule has 1 fully saturated rings. The number of para-hydroxylation sites is 1. The molecule has 0 atom stereocenters. The predicted molar refractivity (Wildman–Crippen MR) is 134 cm³/mol. The van der Waals surface area contributed by atoms with E-state index in [-0.39, 0.29) is 53.5 Å². The summed E-state index contributed by atoms with van der Waals surface area (Å²) in [4.78, 5) is 32.1. The molecule has 1 aliphatic rings. The van der Waals surface area contributed by atoms with Gasteiger partial charge < -0.3 is 9.80 Å². The molecule has 0 spiro atoms. The third kappa shape index (κ3) is 5.06. The van der Waals surface area contributed by atoms with Crippen LogP contribution in [0.15, 0.2) is 75.8 Å². The van der Waals surface area contributed by atoms with Crippen LogP contribution < -0.4 is 4.72 Å². The second-order valence-electron chi connectivity index (χ2n) is 7.84. The number of thiol groups is 1. The normalized spacial score (nSPS) is 14.6. The van der Waals surface area contributed by atoms with Crippen LogP contribution in [-0.2, 0) is 14.8 Å². The van der Waals surface area contributed by atoms with E-state index in [1.54, 1.807) is 24.3 Å². The third-order valence-electron chi connectivity index (χ3n) is 5.66. The summed E-state index contributed by atoms with van der Waals surface area (Å²) in [6.45, 7) is 0.828. The lowest BCUT2D eigenvalue weighted by Gasteiger charge is -2.34. The smallest absolute Gasteiger partial charge is 0.274 e. The Morgan fingerprint density at radius 2 is 1.78 bits per heavy atom. The number of nitrogens with one attached hydrogen (secondary N) is 2. The molecule has 186 valence electrons. The number of anilines is 1. The number of halogens is 1. The molecule has 10 nitrogen and oxygen atoms in total. The Morgan fingerprint density at radius 1 is 1.08 bits per heavy atom. The first kappa shape index (κ1) is 25.3. The number of hydrogen-bond acceptors (Lipinski definition) is 8. The van der Waals surface area contributed by atoms with Crippen LogP contribution in [0.1, 0.15) is 10.4 Å². The van der Waals surface area contributed by atoms with Crippen LogP contribution in [0.5, 0.6) is 0 Å². The standard InChI is InChI=1S/C23H21FN6O4S2/c24-17-13-16(22(31)29-9-11-30(12-10-29)23(32)19(14-35)27-25)6-7-18(17)28-36(33,34)20-5-1-3-15-4-2-8-26-21(15)20/h1-8,13-14,25,28,35H,9-12H2/b19-14-,27-25?. The van der Waals surface area contributed by atoms with E-state index in [9.17, 15) is 22.4 Å². The van der Waals surface area contributed by atoms with E-state index in [2.05, 4.69) is 27.4 Å². The summed E-state index contributed by atoms with van der Waals surface area (Å²) in [5, 5.41) is 4.89. The highest BCUT2D eigenvalue weighted by Gasteiger charge is 2.27. The van der Waals surface area contributed by atoms with E-state index in [1.807, 2.05) is 0 Å². The summed E-state index contributed by atoms with van der Waals surface area (Å²) in [6, 6.07) is 11.6. The third-order valence-corrected chi connectivity index (χ3v) is 7.30. The highest BCUT2D eigenvalue weighted by Crippen LogP contribution is 2.25. The number of sulfonamides is 1. The summed E-state index contributed by atoms with van der Waals surface area (Å²) in [7, 11) is -4.16. The Morgan fingerprint density at radius 3 is 2.44 bits per heavy atom. The van der Waals surface area contributed by atoms with Crippen molar-refractivity contribution in [3.05, 3.63) is 77.2 Å². The molecule has 1 saturated heterocycles. The van der Waals surface area contributed by atoms with Crippen molar-refractivity contribution in [1.82, 2.24) is 14.8 Å². The number of aromatic nitrogens is 1. The van der Waals surface area contributed by atoms with Crippen molar-refractivity contribution in [1.29, 1.82) is 5.53 Å². The van der Waals surface area contributed by atoms with Crippen molar-refractivity contribution in [3.8, 4) is 0 Å². The zero-order valence-electron chi connectivity index (χ0n) is 18.8. The fourth-order valence-corrected chi connectivity index (χ4v) is 5.23. The molecule has 2 N–H and O–H groups in total. The maximum Gasteiger partial charge on any atom is 0.274 e. The van der Waals surface area contributed by atoms with Gasteiger partial charge in [0.2, 0.25) is 0 Å². The first-order valence-corrected chi connectivity index (χ1v) is 12.7. The Balaban J connectivity index is 1.47. The van der Waals surface area contributed by atoms with Gasteiger partial charge in [0, 0.05) is 48.7 Å². The topological polar surface area (TPSA) is 136 Å². The van der Waals surface area contributed by atoms with Gasteiger partial charge in [-0.3, -0.25) is 19.3 Å². The maximum absolute atomic E-state index is 14.9. The number of nitrogens with zero attached hydrogens (tertiary/aromatic N) is 4. The quantitative estimate of drug-likeness (QED) is 0.256. The van der Waals surface area contributed by atoms with Gasteiger partial charge in [-0.1, -0.05) is 18.2 Å². The monoisotopic (exact) mass is 528 g/mol. The van der Waals surface area contributed by atoms with Gasteiger partial charge in [-0.2, -0.15) is 5.11 Å². The van der Waals surface area contributed by atoms with Crippen LogP contribution >= 0.6 is 12.6 Å². The summed E-state index contributed by atoms with van der Waals surface area (Å²) in [6.07, 6.45) is 1.47. The van der Waals surface area contributed by atoms with Crippen LogP contribution in [0.25, 0.3) is 10.9 Å². The molecule has 0 bridgehead atoms. The van der Waals surface area contributed by atoms with Crippen LogP contribution in [0.3, 0.4) is 0 Å². The molecule has 0 unspecified atom stereocenters. The minimum atomic E-state index is -4.16. The summed E-state index contributed by atoms with van der Waals surface area (Å²) >= 11 is 3.86. The Labute approximate surface area is 211 Å². The van der Waals surface area contributed by atoms with Crippen LogP contribution in [0.4, 0.5) is 10.1 Å². The van der Waals surface area contributed by atoms with Crippen molar-refractivity contribution in [2.75, 3.05) is 30.9 Å². The van der Waals surface area contributed by atoms with Gasteiger partial charge in [-0.05, 0) is 30.3 Å². The fraction of sp³-hybridized carbons (Fsp3) is 0.174. The van der Waals surface area contributed by atoms with E-state index >= 15 is 0 Å². The van der Waals surface area contributed by atoms with Gasteiger partial charge >= 0.3 is 0 Å². The lowest BCUT2D eigenvalue weighted by molar-refractivity contribution is -0.128. The molecule has 0 aliphatic carbocycles. The Hall–Kier alpha value is -3.84. The first-order chi connectivity index (χ1) is 17.2. The number of fused-ring (bicyclic) bond motifs is 1. The Bertz CT molecular complexity index is 1480. The average Bonchev–Trinajstić information content (AvgIpc) is 2.89. The predicted octanol–water partition coefficient (Wildman–Crippen LogP) is 3.26. The number of pyridine rings is 1. The molecule has 13 heteroatoms. The number of amides is 2. The second-order valence-corrected chi connectivity index (χ2v) is 9.75. The molecule has 2 amide bonds. The molecule has 2 aromatic carbocycles. The first-order valence-electron chi connectivity index (χ1n) is 10.7. The maximum atomic E-state index is 14.9. The average molecular weight is 529 g/mol. The zero-order valence-corrected chi connectivity index (χ0v) is 20.5. The largest absolute Gasteiger partial charge is 0.335 e. The fourth-order valence-electron chi connectivity index (χ4n) is 3.81. The number of hydrogen-bond donors (Lipinski definition) is 3. The molecule has 2 heterocycles. The molecule has 0 saturated carbocycles. The van der Waals surface area contributed by atoms with Crippen molar-refractivity contribution < 1.29 is 22.4 Å². The summed E-state index contributed by atoms with van der Waals surface area (Å²) < 4.78 is 43.0. The number of piperazine rings is 1. The molecule has 1 aliphatic heterocycles. The molecular weight excluding hydrogens is 507 g/mol. The van der Waals surface area contributed by atoms with E-state index in [0.29, 0.717) is 5.39 Å². The van der Waals surface area contributed by atoms with Gasteiger partial charge in [0.25, 0.3) is 21.8 Å². The molecule has 3 aromatic rings. The van der Waals surface area contributed by atoms with Gasteiger partial charge in [-0.25, -0.2) is 18.3 Å². The molecule has 36 heavy (non-hydrogen) atoms. The minimum Gasteiger partial charge on any atom is -0.335 e. The highest BCUT2D eigenvalue weighted by molar-refractivity contribution is 7.93. The summed E-state index contributed by atoms with van der Waals surface area (Å²) in [5.41, 5.74) is 6.90. The van der Waals surface area contributed by atoms with Crippen molar-refractivity contribution in [3.63, 3.8) is 0 Å². The van der Waals surface area contributed by atoms with E-state index in [1.165, 1.54) is 34.2 Å². The zero-order chi connectivity index (χ0) is 25.9. The van der Waals surface area contributed by atoms with Gasteiger partial charge in [-0.15, -0.1) is 12.6 Å². The number of carbonyl (C=O) groups is 2.